The summed E-state index contributed by atoms with van der Waals surface area (Å²) in [6.07, 6.45) is 1.55. The summed E-state index contributed by atoms with van der Waals surface area (Å²) in [7, 11) is 0. The lowest BCUT2D eigenvalue weighted by Gasteiger charge is -2.04. The summed E-state index contributed by atoms with van der Waals surface area (Å²) in [4.78, 5) is 11.3. The standard InChI is InChI=1S/C12H15NO3/c1-3-16-12(15)8(2)7-9-5-4-6-10(13)11(9)14/h4-7,14H,3,13H2,1-2H3. The van der Waals surface area contributed by atoms with E-state index in [1.807, 2.05) is 0 Å². The van der Waals surface area contributed by atoms with Crippen LogP contribution in [0, 0.1) is 0 Å². The summed E-state index contributed by atoms with van der Waals surface area (Å²) < 4.78 is 4.83. The smallest absolute Gasteiger partial charge is 0.333 e. The first-order valence-electron chi connectivity index (χ1n) is 4.99. The molecule has 0 unspecified atom stereocenters. The molecule has 0 aliphatic carbocycles. The van der Waals surface area contributed by atoms with Gasteiger partial charge in [-0.25, -0.2) is 4.79 Å². The number of ether oxygens (including phenoxy) is 1. The molecule has 1 rings (SSSR count). The first-order valence-corrected chi connectivity index (χ1v) is 4.99. The number of anilines is 1. The number of nitrogens with two attached hydrogens (primary N) is 1. The molecule has 0 radical (unpaired) electrons. The van der Waals surface area contributed by atoms with Crippen molar-refractivity contribution in [1.29, 1.82) is 0 Å². The molecule has 0 heterocycles. The number of para-hydroxylation sites is 1. The predicted octanol–water partition coefficient (Wildman–Crippen LogP) is 1.94. The van der Waals surface area contributed by atoms with Crippen LogP contribution >= 0.6 is 0 Å². The highest BCUT2D eigenvalue weighted by molar-refractivity contribution is 5.93. The molecule has 0 saturated carbocycles. The summed E-state index contributed by atoms with van der Waals surface area (Å²) in [6, 6.07) is 4.97. The third-order valence-electron chi connectivity index (χ3n) is 2.07. The van der Waals surface area contributed by atoms with Crippen molar-refractivity contribution in [2.24, 2.45) is 0 Å². The summed E-state index contributed by atoms with van der Waals surface area (Å²) in [5, 5.41) is 9.64. The van der Waals surface area contributed by atoms with Crippen LogP contribution in [0.4, 0.5) is 5.69 Å². The Morgan fingerprint density at radius 1 is 1.56 bits per heavy atom. The van der Waals surface area contributed by atoms with Crippen molar-refractivity contribution in [1.82, 2.24) is 0 Å². The molecule has 0 amide bonds. The van der Waals surface area contributed by atoms with Crippen LogP contribution in [-0.2, 0) is 9.53 Å². The second-order valence-corrected chi connectivity index (χ2v) is 3.33. The van der Waals surface area contributed by atoms with Gasteiger partial charge in [-0.05, 0) is 26.0 Å². The molecular weight excluding hydrogens is 206 g/mol. The van der Waals surface area contributed by atoms with E-state index in [9.17, 15) is 9.90 Å². The van der Waals surface area contributed by atoms with Gasteiger partial charge in [-0.1, -0.05) is 12.1 Å². The Morgan fingerprint density at radius 3 is 2.88 bits per heavy atom. The van der Waals surface area contributed by atoms with E-state index >= 15 is 0 Å². The molecule has 0 fully saturated rings. The molecule has 16 heavy (non-hydrogen) atoms. The molecule has 1 aromatic rings. The predicted molar refractivity (Wildman–Crippen MR) is 62.8 cm³/mol. The number of phenolic OH excluding ortho intramolecular Hbond substituents is 1. The molecule has 0 saturated heterocycles. The van der Waals surface area contributed by atoms with Gasteiger partial charge in [0.05, 0.1) is 12.3 Å². The Kier molecular flexibility index (Phi) is 3.94. The van der Waals surface area contributed by atoms with Crippen molar-refractivity contribution < 1.29 is 14.6 Å². The molecule has 1 aromatic carbocycles. The number of esters is 1. The normalized spacial score (nSPS) is 11.2. The van der Waals surface area contributed by atoms with Gasteiger partial charge in [-0.15, -0.1) is 0 Å². The molecule has 4 heteroatoms. The lowest BCUT2D eigenvalue weighted by molar-refractivity contribution is -0.138. The Morgan fingerprint density at radius 2 is 2.25 bits per heavy atom. The topological polar surface area (TPSA) is 72.5 Å². The highest BCUT2D eigenvalue weighted by atomic mass is 16.5. The van der Waals surface area contributed by atoms with E-state index in [1.165, 1.54) is 0 Å². The summed E-state index contributed by atoms with van der Waals surface area (Å²) in [6.45, 7) is 3.69. The fourth-order valence-electron chi connectivity index (χ4n) is 1.23. The van der Waals surface area contributed by atoms with Crippen LogP contribution in [0.2, 0.25) is 0 Å². The molecular formula is C12H15NO3. The number of aromatic hydroxyl groups is 1. The zero-order chi connectivity index (χ0) is 12.1. The van der Waals surface area contributed by atoms with Crippen LogP contribution in [0.3, 0.4) is 0 Å². The minimum Gasteiger partial charge on any atom is -0.505 e. The van der Waals surface area contributed by atoms with Gasteiger partial charge >= 0.3 is 5.97 Å². The van der Waals surface area contributed by atoms with E-state index in [4.69, 9.17) is 10.5 Å². The number of rotatable bonds is 3. The van der Waals surface area contributed by atoms with E-state index in [1.54, 1.807) is 38.1 Å². The number of hydrogen-bond donors (Lipinski definition) is 2. The molecule has 4 nitrogen and oxygen atoms in total. The number of carbonyl (C=O) groups excluding carboxylic acids is 1. The van der Waals surface area contributed by atoms with Gasteiger partial charge in [0, 0.05) is 11.1 Å². The van der Waals surface area contributed by atoms with Crippen LogP contribution in [0.25, 0.3) is 6.08 Å². The van der Waals surface area contributed by atoms with Crippen LogP contribution in [0.15, 0.2) is 23.8 Å². The van der Waals surface area contributed by atoms with Crippen molar-refractivity contribution in [3.63, 3.8) is 0 Å². The maximum atomic E-state index is 11.3. The fourth-order valence-corrected chi connectivity index (χ4v) is 1.23. The Balaban J connectivity index is 2.98. The second kappa shape index (κ2) is 5.21. The van der Waals surface area contributed by atoms with Gasteiger partial charge in [-0.3, -0.25) is 0 Å². The highest BCUT2D eigenvalue weighted by Gasteiger charge is 2.07. The van der Waals surface area contributed by atoms with E-state index in [0.29, 0.717) is 17.7 Å². The third-order valence-corrected chi connectivity index (χ3v) is 2.07. The largest absolute Gasteiger partial charge is 0.505 e. The maximum absolute atomic E-state index is 11.3. The number of nitrogen functional groups attached to an aromatic ring is 1. The summed E-state index contributed by atoms with van der Waals surface area (Å²) in [5.41, 5.74) is 6.74. The van der Waals surface area contributed by atoms with Gasteiger partial charge < -0.3 is 15.6 Å². The van der Waals surface area contributed by atoms with Gasteiger partial charge in [-0.2, -0.15) is 0 Å². The van der Waals surface area contributed by atoms with Crippen LogP contribution in [0.1, 0.15) is 19.4 Å². The average molecular weight is 221 g/mol. The zero-order valence-electron chi connectivity index (χ0n) is 9.36. The van der Waals surface area contributed by atoms with Gasteiger partial charge in [0.25, 0.3) is 0 Å². The number of hydrogen-bond acceptors (Lipinski definition) is 4. The lowest BCUT2D eigenvalue weighted by atomic mass is 10.1. The average Bonchev–Trinajstić information content (AvgIpc) is 2.25. The zero-order valence-corrected chi connectivity index (χ0v) is 9.36. The first kappa shape index (κ1) is 12.1. The SMILES string of the molecule is CCOC(=O)C(C)=Cc1cccc(N)c1O. The van der Waals surface area contributed by atoms with Crippen LogP contribution < -0.4 is 5.73 Å². The van der Waals surface area contributed by atoms with Crippen molar-refractivity contribution in [2.45, 2.75) is 13.8 Å². The molecule has 0 aliphatic rings. The van der Waals surface area contributed by atoms with Crippen molar-refractivity contribution in [3.8, 4) is 5.75 Å². The maximum Gasteiger partial charge on any atom is 0.333 e. The van der Waals surface area contributed by atoms with Gasteiger partial charge in [0.1, 0.15) is 5.75 Å². The molecule has 0 bridgehead atoms. The fraction of sp³-hybridized carbons (Fsp3) is 0.250. The Labute approximate surface area is 94.3 Å². The van der Waals surface area contributed by atoms with Gasteiger partial charge in [0.2, 0.25) is 0 Å². The first-order chi connectivity index (χ1) is 7.56. The number of benzene rings is 1. The molecule has 86 valence electrons. The molecule has 0 aromatic heterocycles. The van der Waals surface area contributed by atoms with Crippen molar-refractivity contribution >= 4 is 17.7 Å². The molecule has 3 N–H and O–H groups in total. The van der Waals surface area contributed by atoms with Gasteiger partial charge in [0.15, 0.2) is 0 Å². The quantitative estimate of drug-likeness (QED) is 0.354. The number of phenols is 1. The van der Waals surface area contributed by atoms with E-state index < -0.39 is 5.97 Å². The van der Waals surface area contributed by atoms with Crippen LogP contribution in [0.5, 0.6) is 5.75 Å². The molecule has 0 atom stereocenters. The minimum atomic E-state index is -0.399. The Hall–Kier alpha value is -1.97. The Bertz CT molecular complexity index is 424. The van der Waals surface area contributed by atoms with Crippen molar-refractivity contribution in [2.75, 3.05) is 12.3 Å². The van der Waals surface area contributed by atoms with E-state index in [-0.39, 0.29) is 11.4 Å². The van der Waals surface area contributed by atoms with Crippen LogP contribution in [-0.4, -0.2) is 17.7 Å². The van der Waals surface area contributed by atoms with E-state index in [0.717, 1.165) is 0 Å². The third kappa shape index (κ3) is 2.76. The number of carbonyl (C=O) groups is 1. The van der Waals surface area contributed by atoms with E-state index in [2.05, 4.69) is 0 Å². The van der Waals surface area contributed by atoms with Crippen molar-refractivity contribution in [3.05, 3.63) is 29.3 Å². The second-order valence-electron chi connectivity index (χ2n) is 3.33. The summed E-state index contributed by atoms with van der Waals surface area (Å²) in [5.74, 6) is -0.421. The molecule has 0 aliphatic heterocycles. The molecule has 0 spiro atoms. The summed E-state index contributed by atoms with van der Waals surface area (Å²) >= 11 is 0. The monoisotopic (exact) mass is 221 g/mol. The lowest BCUT2D eigenvalue weighted by Crippen LogP contribution is -2.04. The minimum absolute atomic E-state index is 0.0221. The highest BCUT2D eigenvalue weighted by Crippen LogP contribution is 2.26.